The molecule has 0 spiro atoms. The van der Waals surface area contributed by atoms with Crippen molar-refractivity contribution in [1.29, 1.82) is 0 Å². The summed E-state index contributed by atoms with van der Waals surface area (Å²) >= 11 is 0. The maximum absolute atomic E-state index is 5.68. The smallest absolute Gasteiger partial charge is 0.141 e. The number of aromatic nitrogens is 1. The fourth-order valence-electron chi connectivity index (χ4n) is 1.93. The highest BCUT2D eigenvalue weighted by Gasteiger charge is 2.27. The van der Waals surface area contributed by atoms with Crippen molar-refractivity contribution in [3.8, 4) is 0 Å². The van der Waals surface area contributed by atoms with E-state index in [4.69, 9.17) is 10.6 Å². The van der Waals surface area contributed by atoms with Crippen molar-refractivity contribution >= 4 is 11.5 Å². The van der Waals surface area contributed by atoms with Crippen LogP contribution in [0.25, 0.3) is 0 Å². The number of nitrogens with one attached hydrogen (secondary N) is 1. The van der Waals surface area contributed by atoms with Crippen molar-refractivity contribution in [3.05, 3.63) is 18.3 Å². The molecule has 2 heterocycles. The SMILES string of the molecule is CC1(C)CN(c2ccnc(NN)c2)CCO1. The van der Waals surface area contributed by atoms with Gasteiger partial charge in [-0.15, -0.1) is 0 Å². The molecule has 1 aromatic rings. The normalized spacial score (nSPS) is 19.6. The first-order valence-corrected chi connectivity index (χ1v) is 5.42. The second-order valence-electron chi connectivity index (χ2n) is 4.57. The predicted molar refractivity (Wildman–Crippen MR) is 64.3 cm³/mol. The third-order valence-corrected chi connectivity index (χ3v) is 2.68. The van der Waals surface area contributed by atoms with Gasteiger partial charge in [0, 0.05) is 31.0 Å². The standard InChI is InChI=1S/C11H18N4O/c1-11(2)8-15(5-6-16-11)9-3-4-13-10(7-9)14-12/h3-4,7H,5-6,8,12H2,1-2H3,(H,13,14). The monoisotopic (exact) mass is 222 g/mol. The van der Waals surface area contributed by atoms with Gasteiger partial charge in [0.25, 0.3) is 0 Å². The summed E-state index contributed by atoms with van der Waals surface area (Å²) < 4.78 is 5.68. The van der Waals surface area contributed by atoms with Gasteiger partial charge in [-0.2, -0.15) is 0 Å². The summed E-state index contributed by atoms with van der Waals surface area (Å²) in [5.74, 6) is 6.03. The van der Waals surface area contributed by atoms with E-state index in [1.165, 1.54) is 0 Å². The van der Waals surface area contributed by atoms with Crippen molar-refractivity contribution in [1.82, 2.24) is 4.98 Å². The number of hydrogen-bond donors (Lipinski definition) is 2. The van der Waals surface area contributed by atoms with Crippen LogP contribution in [0.3, 0.4) is 0 Å². The Morgan fingerprint density at radius 2 is 2.38 bits per heavy atom. The van der Waals surface area contributed by atoms with Crippen molar-refractivity contribution in [3.63, 3.8) is 0 Å². The first kappa shape index (κ1) is 11.2. The maximum atomic E-state index is 5.68. The van der Waals surface area contributed by atoms with Crippen LogP contribution in [0.4, 0.5) is 11.5 Å². The van der Waals surface area contributed by atoms with Gasteiger partial charge < -0.3 is 15.1 Å². The molecule has 5 heteroatoms. The highest BCUT2D eigenvalue weighted by molar-refractivity contribution is 5.53. The van der Waals surface area contributed by atoms with Gasteiger partial charge in [0.1, 0.15) is 5.82 Å². The Morgan fingerprint density at radius 1 is 1.56 bits per heavy atom. The minimum atomic E-state index is -0.0994. The second kappa shape index (κ2) is 4.27. The molecule has 0 radical (unpaired) electrons. The molecule has 0 aromatic carbocycles. The Labute approximate surface area is 95.6 Å². The molecule has 16 heavy (non-hydrogen) atoms. The van der Waals surface area contributed by atoms with Gasteiger partial charge in [0.15, 0.2) is 0 Å². The van der Waals surface area contributed by atoms with Crippen molar-refractivity contribution in [2.45, 2.75) is 19.4 Å². The van der Waals surface area contributed by atoms with Crippen molar-refractivity contribution < 1.29 is 4.74 Å². The summed E-state index contributed by atoms with van der Waals surface area (Å²) in [5, 5.41) is 0. The summed E-state index contributed by atoms with van der Waals surface area (Å²) in [6.45, 7) is 6.73. The van der Waals surface area contributed by atoms with Crippen LogP contribution in [0, 0.1) is 0 Å². The number of morpholine rings is 1. The zero-order valence-electron chi connectivity index (χ0n) is 9.73. The molecule has 0 atom stereocenters. The lowest BCUT2D eigenvalue weighted by atomic mass is 10.1. The average Bonchev–Trinajstić information content (AvgIpc) is 2.28. The van der Waals surface area contributed by atoms with Gasteiger partial charge in [-0.3, -0.25) is 0 Å². The number of rotatable bonds is 2. The second-order valence-corrected chi connectivity index (χ2v) is 4.57. The molecule has 0 amide bonds. The molecule has 0 unspecified atom stereocenters. The largest absolute Gasteiger partial charge is 0.372 e. The molecule has 0 saturated carbocycles. The third kappa shape index (κ3) is 2.43. The summed E-state index contributed by atoms with van der Waals surface area (Å²) in [7, 11) is 0. The quantitative estimate of drug-likeness (QED) is 0.577. The fourth-order valence-corrected chi connectivity index (χ4v) is 1.93. The highest BCUT2D eigenvalue weighted by atomic mass is 16.5. The first-order valence-electron chi connectivity index (χ1n) is 5.42. The maximum Gasteiger partial charge on any atom is 0.141 e. The van der Waals surface area contributed by atoms with Crippen LogP contribution in [0.5, 0.6) is 0 Å². The van der Waals surface area contributed by atoms with E-state index in [0.29, 0.717) is 5.82 Å². The lowest BCUT2D eigenvalue weighted by Crippen LogP contribution is -2.48. The lowest BCUT2D eigenvalue weighted by Gasteiger charge is -2.39. The first-order chi connectivity index (χ1) is 7.61. The van der Waals surface area contributed by atoms with Gasteiger partial charge in [0.2, 0.25) is 0 Å². The Morgan fingerprint density at radius 3 is 3.06 bits per heavy atom. The molecule has 0 bridgehead atoms. The molecule has 1 aliphatic rings. The molecule has 88 valence electrons. The van der Waals surface area contributed by atoms with Gasteiger partial charge in [-0.25, -0.2) is 10.8 Å². The Hall–Kier alpha value is -1.33. The molecular formula is C11H18N4O. The molecule has 3 N–H and O–H groups in total. The van der Waals surface area contributed by atoms with E-state index in [1.54, 1.807) is 6.20 Å². The predicted octanol–water partition coefficient (Wildman–Crippen LogP) is 0.982. The number of hydrogen-bond acceptors (Lipinski definition) is 5. The highest BCUT2D eigenvalue weighted by Crippen LogP contribution is 2.23. The topological polar surface area (TPSA) is 63.4 Å². The molecule has 0 aliphatic carbocycles. The summed E-state index contributed by atoms with van der Waals surface area (Å²) in [6, 6.07) is 3.93. The summed E-state index contributed by atoms with van der Waals surface area (Å²) in [6.07, 6.45) is 1.76. The van der Waals surface area contributed by atoms with Gasteiger partial charge in [0.05, 0.1) is 12.2 Å². The number of hydrazine groups is 1. The van der Waals surface area contributed by atoms with Gasteiger partial charge in [-0.05, 0) is 19.9 Å². The van der Waals surface area contributed by atoms with Crippen LogP contribution in [-0.2, 0) is 4.74 Å². The minimum absolute atomic E-state index is 0.0994. The van der Waals surface area contributed by atoms with E-state index in [-0.39, 0.29) is 5.60 Å². The van der Waals surface area contributed by atoms with Crippen LogP contribution in [0.1, 0.15) is 13.8 Å². The number of nitrogens with two attached hydrogens (primary N) is 1. The number of nitrogens with zero attached hydrogens (tertiary/aromatic N) is 2. The number of anilines is 2. The average molecular weight is 222 g/mol. The number of ether oxygens (including phenoxy) is 1. The molecular weight excluding hydrogens is 204 g/mol. The van der Waals surface area contributed by atoms with Crippen LogP contribution in [0.15, 0.2) is 18.3 Å². The zero-order valence-corrected chi connectivity index (χ0v) is 9.73. The Balaban J connectivity index is 2.16. The molecule has 1 fully saturated rings. The third-order valence-electron chi connectivity index (χ3n) is 2.68. The van der Waals surface area contributed by atoms with E-state index in [2.05, 4.69) is 29.2 Å². The van der Waals surface area contributed by atoms with E-state index in [9.17, 15) is 0 Å². The summed E-state index contributed by atoms with van der Waals surface area (Å²) in [4.78, 5) is 6.38. The van der Waals surface area contributed by atoms with Crippen LogP contribution < -0.4 is 16.2 Å². The minimum Gasteiger partial charge on any atom is -0.372 e. The van der Waals surface area contributed by atoms with Crippen LogP contribution in [-0.4, -0.2) is 30.3 Å². The molecule has 1 saturated heterocycles. The van der Waals surface area contributed by atoms with Crippen molar-refractivity contribution in [2.24, 2.45) is 5.84 Å². The zero-order chi connectivity index (χ0) is 11.6. The van der Waals surface area contributed by atoms with Gasteiger partial charge in [-0.1, -0.05) is 0 Å². The summed E-state index contributed by atoms with van der Waals surface area (Å²) in [5.41, 5.74) is 3.58. The van der Waals surface area contributed by atoms with E-state index in [0.717, 1.165) is 25.4 Å². The Kier molecular flexibility index (Phi) is 2.98. The number of pyridine rings is 1. The fraction of sp³-hybridized carbons (Fsp3) is 0.545. The molecule has 1 aliphatic heterocycles. The number of nitrogen functional groups attached to an aromatic ring is 1. The molecule has 2 rings (SSSR count). The molecule has 5 nitrogen and oxygen atoms in total. The van der Waals surface area contributed by atoms with Crippen molar-refractivity contribution in [2.75, 3.05) is 30.0 Å². The van der Waals surface area contributed by atoms with E-state index >= 15 is 0 Å². The van der Waals surface area contributed by atoms with E-state index < -0.39 is 0 Å². The van der Waals surface area contributed by atoms with Crippen LogP contribution in [0.2, 0.25) is 0 Å². The lowest BCUT2D eigenvalue weighted by molar-refractivity contribution is -0.0276. The van der Waals surface area contributed by atoms with Crippen LogP contribution >= 0.6 is 0 Å². The molecule has 1 aromatic heterocycles. The van der Waals surface area contributed by atoms with Gasteiger partial charge >= 0.3 is 0 Å². The van der Waals surface area contributed by atoms with E-state index in [1.807, 2.05) is 12.1 Å². The Bertz CT molecular complexity index is 367.